The zero-order chi connectivity index (χ0) is 14.7. The van der Waals surface area contributed by atoms with E-state index in [-0.39, 0.29) is 18.1 Å². The van der Waals surface area contributed by atoms with Gasteiger partial charge in [-0.25, -0.2) is 0 Å². The molecular formula is C14H18N4O2S. The van der Waals surface area contributed by atoms with Crippen molar-refractivity contribution >= 4 is 33.1 Å². The molecule has 21 heavy (non-hydrogen) atoms. The molecule has 1 amide bonds. The van der Waals surface area contributed by atoms with Crippen LogP contribution in [0, 0.1) is 6.92 Å². The fraction of sp³-hybridized carbons (Fsp3) is 0.571. The van der Waals surface area contributed by atoms with E-state index in [4.69, 9.17) is 10.5 Å². The topological polar surface area (TPSA) is 73.4 Å². The minimum atomic E-state index is 0.0355. The molecule has 4 heterocycles. The first-order chi connectivity index (χ1) is 10.0. The normalized spacial score (nSPS) is 25.0. The molecule has 0 aliphatic carbocycles. The van der Waals surface area contributed by atoms with E-state index in [1.54, 1.807) is 4.68 Å². The molecule has 0 saturated carbocycles. The summed E-state index contributed by atoms with van der Waals surface area (Å²) < 4.78 is 7.59. The number of fused-ring (bicyclic) bond motifs is 3. The van der Waals surface area contributed by atoms with Crippen molar-refractivity contribution in [3.63, 3.8) is 0 Å². The van der Waals surface area contributed by atoms with Gasteiger partial charge in [0.1, 0.15) is 9.71 Å². The summed E-state index contributed by atoms with van der Waals surface area (Å²) in [4.78, 5) is 16.3. The maximum absolute atomic E-state index is 12.8. The standard InChI is InChI=1S/C14H18N4O2S/c1-7-10-11(15)12(21-14(10)17(2)16-7)13(19)18-5-8-3-4-9(6-18)20-8/h8-9H,3-6,15H2,1-2H3. The average molecular weight is 306 g/mol. The number of nitrogen functional groups attached to an aromatic ring is 1. The number of morpholine rings is 1. The number of carbonyl (C=O) groups excluding carboxylic acids is 1. The van der Waals surface area contributed by atoms with E-state index < -0.39 is 0 Å². The number of nitrogens with two attached hydrogens (primary N) is 1. The molecule has 2 N–H and O–H groups in total. The third kappa shape index (κ3) is 1.87. The summed E-state index contributed by atoms with van der Waals surface area (Å²) in [6.45, 7) is 3.29. The van der Waals surface area contributed by atoms with Crippen LogP contribution in [0.5, 0.6) is 0 Å². The number of thiophene rings is 1. The van der Waals surface area contributed by atoms with Gasteiger partial charge in [-0.1, -0.05) is 0 Å². The van der Waals surface area contributed by atoms with Gasteiger partial charge in [0.25, 0.3) is 5.91 Å². The number of aryl methyl sites for hydroxylation is 2. The Balaban J connectivity index is 1.71. The summed E-state index contributed by atoms with van der Waals surface area (Å²) >= 11 is 1.44. The molecule has 0 spiro atoms. The van der Waals surface area contributed by atoms with Crippen molar-refractivity contribution in [2.24, 2.45) is 7.05 Å². The summed E-state index contributed by atoms with van der Waals surface area (Å²) in [7, 11) is 1.88. The molecule has 2 fully saturated rings. The van der Waals surface area contributed by atoms with Crippen LogP contribution in [-0.2, 0) is 11.8 Å². The molecule has 2 saturated heterocycles. The van der Waals surface area contributed by atoms with Gasteiger partial charge in [-0.15, -0.1) is 11.3 Å². The fourth-order valence-electron chi connectivity index (χ4n) is 3.41. The van der Waals surface area contributed by atoms with Crippen molar-refractivity contribution in [3.05, 3.63) is 10.6 Å². The molecule has 6 nitrogen and oxygen atoms in total. The van der Waals surface area contributed by atoms with Crippen LogP contribution in [0.1, 0.15) is 28.2 Å². The first-order valence-corrected chi connectivity index (χ1v) is 8.02. The van der Waals surface area contributed by atoms with Gasteiger partial charge < -0.3 is 15.4 Å². The summed E-state index contributed by atoms with van der Waals surface area (Å²) in [5, 5.41) is 5.28. The van der Waals surface area contributed by atoms with E-state index in [1.807, 2.05) is 18.9 Å². The molecule has 2 unspecified atom stereocenters. The maximum Gasteiger partial charge on any atom is 0.266 e. The Bertz CT molecular complexity index is 723. The number of rotatable bonds is 1. The van der Waals surface area contributed by atoms with E-state index in [0.29, 0.717) is 23.7 Å². The number of hydrogen-bond donors (Lipinski definition) is 1. The number of amides is 1. The monoisotopic (exact) mass is 306 g/mol. The maximum atomic E-state index is 12.8. The van der Waals surface area contributed by atoms with Gasteiger partial charge in [0.05, 0.1) is 29.0 Å². The molecule has 2 bridgehead atoms. The number of anilines is 1. The zero-order valence-corrected chi connectivity index (χ0v) is 12.9. The smallest absolute Gasteiger partial charge is 0.266 e. The van der Waals surface area contributed by atoms with Gasteiger partial charge in [0.15, 0.2) is 0 Å². The highest BCUT2D eigenvalue weighted by molar-refractivity contribution is 7.21. The van der Waals surface area contributed by atoms with Crippen molar-refractivity contribution in [2.45, 2.75) is 32.0 Å². The Hall–Kier alpha value is -1.60. The second-order valence-corrected chi connectivity index (χ2v) is 6.90. The molecule has 7 heteroatoms. The first kappa shape index (κ1) is 13.1. The van der Waals surface area contributed by atoms with E-state index in [2.05, 4.69) is 5.10 Å². The molecule has 0 radical (unpaired) electrons. The lowest BCUT2D eigenvalue weighted by Gasteiger charge is -2.31. The quantitative estimate of drug-likeness (QED) is 0.867. The number of likely N-dealkylation sites (tertiary alicyclic amines) is 1. The van der Waals surface area contributed by atoms with Crippen LogP contribution in [0.4, 0.5) is 5.69 Å². The van der Waals surface area contributed by atoms with Gasteiger partial charge in [0.2, 0.25) is 0 Å². The van der Waals surface area contributed by atoms with Crippen LogP contribution >= 0.6 is 11.3 Å². The van der Waals surface area contributed by atoms with E-state index in [0.717, 1.165) is 28.8 Å². The number of hydrogen-bond acceptors (Lipinski definition) is 5. The van der Waals surface area contributed by atoms with Gasteiger partial charge in [-0.3, -0.25) is 9.48 Å². The summed E-state index contributed by atoms with van der Waals surface area (Å²) in [5.74, 6) is 0.0355. The second-order valence-electron chi connectivity index (χ2n) is 5.90. The third-order valence-corrected chi connectivity index (χ3v) is 5.67. The largest absolute Gasteiger partial charge is 0.397 e. The summed E-state index contributed by atoms with van der Waals surface area (Å²) in [5.41, 5.74) is 7.67. The van der Waals surface area contributed by atoms with Crippen LogP contribution < -0.4 is 5.73 Å². The van der Waals surface area contributed by atoms with Crippen LogP contribution in [0.2, 0.25) is 0 Å². The predicted molar refractivity (Wildman–Crippen MR) is 81.5 cm³/mol. The predicted octanol–water partition coefficient (Wildman–Crippen LogP) is 1.53. The van der Waals surface area contributed by atoms with Gasteiger partial charge >= 0.3 is 0 Å². The van der Waals surface area contributed by atoms with Crippen LogP contribution in [0.3, 0.4) is 0 Å². The summed E-state index contributed by atoms with van der Waals surface area (Å²) in [6, 6.07) is 0. The third-order valence-electron chi connectivity index (χ3n) is 4.41. The number of carbonyl (C=O) groups is 1. The number of aromatic nitrogens is 2. The van der Waals surface area contributed by atoms with Gasteiger partial charge in [0, 0.05) is 20.1 Å². The highest BCUT2D eigenvalue weighted by Gasteiger charge is 2.37. The molecular weight excluding hydrogens is 288 g/mol. The van der Waals surface area contributed by atoms with E-state index in [1.165, 1.54) is 11.3 Å². The fourth-order valence-corrected chi connectivity index (χ4v) is 4.57. The number of nitrogens with zero attached hydrogens (tertiary/aromatic N) is 3. The molecule has 2 aromatic heterocycles. The average Bonchev–Trinajstić information content (AvgIpc) is 3.06. The summed E-state index contributed by atoms with van der Waals surface area (Å²) in [6.07, 6.45) is 2.51. The Labute approximate surface area is 126 Å². The molecule has 4 rings (SSSR count). The molecule has 112 valence electrons. The minimum Gasteiger partial charge on any atom is -0.397 e. The van der Waals surface area contributed by atoms with Gasteiger partial charge in [-0.05, 0) is 19.8 Å². The minimum absolute atomic E-state index is 0.0355. The first-order valence-electron chi connectivity index (χ1n) is 7.21. The Kier molecular flexibility index (Phi) is 2.77. The Morgan fingerprint density at radius 3 is 2.67 bits per heavy atom. The van der Waals surface area contributed by atoms with Crippen LogP contribution in [0.25, 0.3) is 10.2 Å². The molecule has 2 atom stereocenters. The highest BCUT2D eigenvalue weighted by Crippen LogP contribution is 2.37. The number of ether oxygens (including phenoxy) is 1. The molecule has 2 aliphatic rings. The van der Waals surface area contributed by atoms with Crippen molar-refractivity contribution in [2.75, 3.05) is 18.8 Å². The second kappa shape index (κ2) is 4.45. The zero-order valence-electron chi connectivity index (χ0n) is 12.1. The lowest BCUT2D eigenvalue weighted by molar-refractivity contribution is -0.0301. The van der Waals surface area contributed by atoms with Crippen molar-refractivity contribution in [1.82, 2.24) is 14.7 Å². The molecule has 2 aromatic rings. The van der Waals surface area contributed by atoms with E-state index >= 15 is 0 Å². The SMILES string of the molecule is Cc1nn(C)c2sc(C(=O)N3CC4CCC(C3)O4)c(N)c12. The Morgan fingerprint density at radius 2 is 2.05 bits per heavy atom. The van der Waals surface area contributed by atoms with Crippen molar-refractivity contribution in [1.29, 1.82) is 0 Å². The van der Waals surface area contributed by atoms with Crippen LogP contribution in [-0.4, -0.2) is 45.9 Å². The Morgan fingerprint density at radius 1 is 1.38 bits per heavy atom. The highest BCUT2D eigenvalue weighted by atomic mass is 32.1. The molecule has 0 aromatic carbocycles. The van der Waals surface area contributed by atoms with Crippen LogP contribution in [0.15, 0.2) is 0 Å². The lowest BCUT2D eigenvalue weighted by Crippen LogP contribution is -2.45. The van der Waals surface area contributed by atoms with Gasteiger partial charge in [-0.2, -0.15) is 5.10 Å². The molecule has 2 aliphatic heterocycles. The van der Waals surface area contributed by atoms with Crippen molar-refractivity contribution in [3.8, 4) is 0 Å². The van der Waals surface area contributed by atoms with E-state index in [9.17, 15) is 4.79 Å². The van der Waals surface area contributed by atoms with Crippen molar-refractivity contribution < 1.29 is 9.53 Å². The lowest BCUT2D eigenvalue weighted by atomic mass is 10.2.